The molecule has 0 aliphatic rings. The Hall–Kier alpha value is -1.11. The van der Waals surface area contributed by atoms with Gasteiger partial charge in [-0.05, 0) is 43.2 Å². The van der Waals surface area contributed by atoms with Crippen LogP contribution < -0.4 is 0 Å². The average molecular weight is 232 g/mol. The third-order valence-corrected chi connectivity index (χ3v) is 3.13. The zero-order chi connectivity index (χ0) is 12.3. The van der Waals surface area contributed by atoms with Crippen LogP contribution >= 0.6 is 0 Å². The van der Waals surface area contributed by atoms with Crippen molar-refractivity contribution in [2.75, 3.05) is 0 Å². The van der Waals surface area contributed by atoms with Gasteiger partial charge in [0.05, 0.1) is 0 Å². The van der Waals surface area contributed by atoms with E-state index in [1.807, 2.05) is 0 Å². The standard InChI is InChI=1S/C16H24O/c1-2-3-8-15-10-12-16(13-11-15)9-6-4-5-7-14-17/h10-14H,2-9H2,1H3. The molecule has 0 radical (unpaired) electrons. The Morgan fingerprint density at radius 3 is 2.00 bits per heavy atom. The van der Waals surface area contributed by atoms with Gasteiger partial charge in [-0.2, -0.15) is 0 Å². The molecule has 1 rings (SSSR count). The van der Waals surface area contributed by atoms with Crippen LogP contribution in [-0.2, 0) is 17.6 Å². The predicted octanol–water partition coefficient (Wildman–Crippen LogP) is 4.33. The highest BCUT2D eigenvalue weighted by Crippen LogP contribution is 2.11. The number of aldehydes is 1. The molecule has 0 aliphatic carbocycles. The monoisotopic (exact) mass is 232 g/mol. The van der Waals surface area contributed by atoms with E-state index in [0.717, 1.165) is 32.0 Å². The van der Waals surface area contributed by atoms with Crippen LogP contribution in [0.1, 0.15) is 56.6 Å². The third-order valence-electron chi connectivity index (χ3n) is 3.13. The molecule has 0 heterocycles. The molecule has 0 unspecified atom stereocenters. The largest absolute Gasteiger partial charge is 0.303 e. The van der Waals surface area contributed by atoms with Gasteiger partial charge in [-0.3, -0.25) is 0 Å². The summed E-state index contributed by atoms with van der Waals surface area (Å²) >= 11 is 0. The molecule has 1 aromatic rings. The minimum Gasteiger partial charge on any atom is -0.303 e. The van der Waals surface area contributed by atoms with Gasteiger partial charge in [-0.15, -0.1) is 0 Å². The first kappa shape index (κ1) is 14.0. The van der Waals surface area contributed by atoms with E-state index in [2.05, 4.69) is 31.2 Å². The minimum absolute atomic E-state index is 0.718. The number of hydrogen-bond donors (Lipinski definition) is 0. The highest BCUT2D eigenvalue weighted by Gasteiger charge is 1.96. The third kappa shape index (κ3) is 6.25. The van der Waals surface area contributed by atoms with Crippen LogP contribution in [0.4, 0.5) is 0 Å². The summed E-state index contributed by atoms with van der Waals surface area (Å²) in [5.74, 6) is 0. The zero-order valence-electron chi connectivity index (χ0n) is 11.0. The van der Waals surface area contributed by atoms with Crippen molar-refractivity contribution in [2.24, 2.45) is 0 Å². The van der Waals surface area contributed by atoms with E-state index in [0.29, 0.717) is 0 Å². The van der Waals surface area contributed by atoms with Crippen LogP contribution in [0.3, 0.4) is 0 Å². The Morgan fingerprint density at radius 2 is 1.47 bits per heavy atom. The van der Waals surface area contributed by atoms with Gasteiger partial charge >= 0.3 is 0 Å². The van der Waals surface area contributed by atoms with Gasteiger partial charge in [0.2, 0.25) is 0 Å². The lowest BCUT2D eigenvalue weighted by Gasteiger charge is -2.03. The van der Waals surface area contributed by atoms with Gasteiger partial charge in [-0.1, -0.05) is 44.0 Å². The zero-order valence-corrected chi connectivity index (χ0v) is 11.0. The first-order valence-corrected chi connectivity index (χ1v) is 6.88. The van der Waals surface area contributed by atoms with Gasteiger partial charge in [0, 0.05) is 6.42 Å². The summed E-state index contributed by atoms with van der Waals surface area (Å²) in [6, 6.07) is 9.03. The van der Waals surface area contributed by atoms with E-state index in [-0.39, 0.29) is 0 Å². The summed E-state index contributed by atoms with van der Waals surface area (Å²) in [6.45, 7) is 2.23. The normalized spacial score (nSPS) is 10.4. The van der Waals surface area contributed by atoms with E-state index < -0.39 is 0 Å². The first-order chi connectivity index (χ1) is 8.36. The van der Waals surface area contributed by atoms with Crippen molar-refractivity contribution in [3.63, 3.8) is 0 Å². The maximum atomic E-state index is 10.2. The van der Waals surface area contributed by atoms with Crippen molar-refractivity contribution in [1.82, 2.24) is 0 Å². The Kier molecular flexibility index (Phi) is 7.37. The van der Waals surface area contributed by atoms with Gasteiger partial charge in [0.25, 0.3) is 0 Å². The van der Waals surface area contributed by atoms with Gasteiger partial charge < -0.3 is 4.79 Å². The molecule has 0 N–H and O–H groups in total. The van der Waals surface area contributed by atoms with Crippen molar-refractivity contribution < 1.29 is 4.79 Å². The molecule has 0 saturated carbocycles. The second kappa shape index (κ2) is 8.98. The molecule has 0 spiro atoms. The van der Waals surface area contributed by atoms with Crippen LogP contribution in [0.15, 0.2) is 24.3 Å². The highest BCUT2D eigenvalue weighted by atomic mass is 16.1. The lowest BCUT2D eigenvalue weighted by atomic mass is 10.0. The van der Waals surface area contributed by atoms with Crippen LogP contribution in [0, 0.1) is 0 Å². The summed E-state index contributed by atoms with van der Waals surface area (Å²) < 4.78 is 0. The Labute approximate surface area is 105 Å². The number of hydrogen-bond acceptors (Lipinski definition) is 1. The van der Waals surface area contributed by atoms with Crippen molar-refractivity contribution in [3.8, 4) is 0 Å². The molecule has 0 aromatic heterocycles. The Morgan fingerprint density at radius 1 is 0.882 bits per heavy atom. The maximum Gasteiger partial charge on any atom is 0.119 e. The van der Waals surface area contributed by atoms with Crippen molar-refractivity contribution in [2.45, 2.75) is 58.3 Å². The number of carbonyl (C=O) groups excluding carboxylic acids is 1. The quantitative estimate of drug-likeness (QED) is 0.457. The fourth-order valence-electron chi connectivity index (χ4n) is 1.99. The number of benzene rings is 1. The number of carbonyl (C=O) groups is 1. The second-order valence-corrected chi connectivity index (χ2v) is 4.69. The van der Waals surface area contributed by atoms with Gasteiger partial charge in [0.15, 0.2) is 0 Å². The van der Waals surface area contributed by atoms with Crippen LogP contribution in [0.5, 0.6) is 0 Å². The topological polar surface area (TPSA) is 17.1 Å². The lowest BCUT2D eigenvalue weighted by molar-refractivity contribution is -0.107. The summed E-state index contributed by atoms with van der Waals surface area (Å²) in [6.07, 6.45) is 10.0. The molecule has 1 nitrogen and oxygen atoms in total. The molecule has 0 bridgehead atoms. The van der Waals surface area contributed by atoms with Crippen LogP contribution in [-0.4, -0.2) is 6.29 Å². The highest BCUT2D eigenvalue weighted by molar-refractivity contribution is 5.48. The lowest BCUT2D eigenvalue weighted by Crippen LogP contribution is -1.89. The average Bonchev–Trinajstić information content (AvgIpc) is 2.37. The van der Waals surface area contributed by atoms with Crippen molar-refractivity contribution >= 4 is 6.29 Å². The molecule has 1 heteroatoms. The second-order valence-electron chi connectivity index (χ2n) is 4.69. The van der Waals surface area contributed by atoms with Gasteiger partial charge in [0.1, 0.15) is 6.29 Å². The predicted molar refractivity (Wildman–Crippen MR) is 73.3 cm³/mol. The Bertz CT molecular complexity index is 300. The van der Waals surface area contributed by atoms with Gasteiger partial charge in [-0.25, -0.2) is 0 Å². The molecule has 0 saturated heterocycles. The summed E-state index contributed by atoms with van der Waals surface area (Å²) in [4.78, 5) is 10.2. The number of unbranched alkanes of at least 4 members (excludes halogenated alkanes) is 4. The van der Waals surface area contributed by atoms with Crippen LogP contribution in [0.2, 0.25) is 0 Å². The number of rotatable bonds is 9. The van der Waals surface area contributed by atoms with E-state index in [9.17, 15) is 4.79 Å². The molecule has 0 atom stereocenters. The molecule has 0 aliphatic heterocycles. The fourth-order valence-corrected chi connectivity index (χ4v) is 1.99. The van der Waals surface area contributed by atoms with Crippen LogP contribution in [0.25, 0.3) is 0 Å². The summed E-state index contributed by atoms with van der Waals surface area (Å²) in [5.41, 5.74) is 2.88. The SMILES string of the molecule is CCCCc1ccc(CCCCCC=O)cc1. The molecular weight excluding hydrogens is 208 g/mol. The molecule has 0 fully saturated rings. The molecule has 94 valence electrons. The number of aryl methyl sites for hydroxylation is 2. The summed E-state index contributed by atoms with van der Waals surface area (Å²) in [7, 11) is 0. The van der Waals surface area contributed by atoms with E-state index >= 15 is 0 Å². The van der Waals surface area contributed by atoms with Crippen molar-refractivity contribution in [1.29, 1.82) is 0 Å². The molecule has 1 aromatic carbocycles. The fraction of sp³-hybridized carbons (Fsp3) is 0.562. The maximum absolute atomic E-state index is 10.2. The molecular formula is C16H24O. The smallest absolute Gasteiger partial charge is 0.119 e. The van der Waals surface area contributed by atoms with E-state index in [1.54, 1.807) is 0 Å². The van der Waals surface area contributed by atoms with E-state index in [1.165, 1.54) is 36.8 Å². The minimum atomic E-state index is 0.718. The van der Waals surface area contributed by atoms with Crippen molar-refractivity contribution in [3.05, 3.63) is 35.4 Å². The van der Waals surface area contributed by atoms with E-state index in [4.69, 9.17) is 0 Å². The summed E-state index contributed by atoms with van der Waals surface area (Å²) in [5, 5.41) is 0. The molecule has 0 amide bonds. The first-order valence-electron chi connectivity index (χ1n) is 6.88. The Balaban J connectivity index is 2.23. The molecule has 17 heavy (non-hydrogen) atoms.